The molecule has 0 saturated heterocycles. The second kappa shape index (κ2) is 6.47. The van der Waals surface area contributed by atoms with Crippen molar-refractivity contribution in [1.82, 2.24) is 10.4 Å². The van der Waals surface area contributed by atoms with E-state index in [4.69, 9.17) is 4.74 Å². The molecular weight excluding hydrogens is 254 g/mol. The molecule has 0 aliphatic carbocycles. The molecule has 0 unspecified atom stereocenters. The van der Waals surface area contributed by atoms with Gasteiger partial charge in [0.15, 0.2) is 0 Å². The van der Waals surface area contributed by atoms with E-state index in [-0.39, 0.29) is 5.91 Å². The number of benzene rings is 1. The molecule has 0 aliphatic heterocycles. The maximum Gasteiger partial charge on any atom is 0.271 e. The lowest BCUT2D eigenvalue weighted by atomic mass is 10.2. The molecule has 20 heavy (non-hydrogen) atoms. The highest BCUT2D eigenvalue weighted by Gasteiger charge is 2.03. The molecule has 0 bridgehead atoms. The molecule has 1 amide bonds. The molecule has 0 radical (unpaired) electrons. The third-order valence-corrected chi connectivity index (χ3v) is 2.62. The molecule has 102 valence electrons. The Balaban J connectivity index is 1.97. The van der Waals surface area contributed by atoms with Crippen molar-refractivity contribution in [2.45, 2.75) is 6.92 Å². The first-order valence-corrected chi connectivity index (χ1v) is 6.10. The molecule has 0 atom stereocenters. The van der Waals surface area contributed by atoms with Gasteiger partial charge in [0.05, 0.1) is 19.0 Å². The van der Waals surface area contributed by atoms with Crippen LogP contribution in [0.2, 0.25) is 0 Å². The van der Waals surface area contributed by atoms with Gasteiger partial charge in [-0.1, -0.05) is 6.07 Å². The Bertz CT molecular complexity index is 621. The Morgan fingerprint density at radius 1 is 1.25 bits per heavy atom. The van der Waals surface area contributed by atoms with Crippen molar-refractivity contribution in [1.29, 1.82) is 0 Å². The van der Waals surface area contributed by atoms with Crippen LogP contribution >= 0.6 is 0 Å². The summed E-state index contributed by atoms with van der Waals surface area (Å²) >= 11 is 0. The fourth-order valence-corrected chi connectivity index (χ4v) is 1.60. The molecule has 1 aromatic heterocycles. The lowest BCUT2D eigenvalue weighted by Gasteiger charge is -2.02. The molecule has 0 saturated carbocycles. The van der Waals surface area contributed by atoms with E-state index in [2.05, 4.69) is 15.5 Å². The number of aromatic nitrogens is 1. The largest absolute Gasteiger partial charge is 0.497 e. The first-order chi connectivity index (χ1) is 9.69. The summed E-state index contributed by atoms with van der Waals surface area (Å²) in [5.41, 5.74) is 4.56. The summed E-state index contributed by atoms with van der Waals surface area (Å²) in [7, 11) is 1.58. The molecule has 1 N–H and O–H groups in total. The number of carbonyl (C=O) groups excluding carboxylic acids is 1. The standard InChI is InChI=1S/C15H15N3O2/c1-11-4-3-5-13(17-11)10-16-18-15(19)12-6-8-14(20-2)9-7-12/h3-10H,1-2H3,(H,18,19). The highest BCUT2D eigenvalue weighted by Crippen LogP contribution is 2.10. The predicted octanol–water partition coefficient (Wildman–Crippen LogP) is 2.16. The monoisotopic (exact) mass is 269 g/mol. The van der Waals surface area contributed by atoms with Gasteiger partial charge in [-0.2, -0.15) is 5.10 Å². The maximum atomic E-state index is 11.8. The van der Waals surface area contributed by atoms with Crippen molar-refractivity contribution < 1.29 is 9.53 Å². The highest BCUT2D eigenvalue weighted by molar-refractivity contribution is 5.94. The van der Waals surface area contributed by atoms with Gasteiger partial charge in [0.1, 0.15) is 5.75 Å². The maximum absolute atomic E-state index is 11.8. The lowest BCUT2D eigenvalue weighted by molar-refractivity contribution is 0.0955. The van der Waals surface area contributed by atoms with Gasteiger partial charge in [0.25, 0.3) is 5.91 Å². The van der Waals surface area contributed by atoms with Crippen molar-refractivity contribution >= 4 is 12.1 Å². The summed E-state index contributed by atoms with van der Waals surface area (Å²) in [5.74, 6) is 0.422. The van der Waals surface area contributed by atoms with Crippen LogP contribution in [-0.2, 0) is 0 Å². The normalized spacial score (nSPS) is 10.5. The first kappa shape index (κ1) is 13.7. The van der Waals surface area contributed by atoms with Crippen LogP contribution in [0.4, 0.5) is 0 Å². The van der Waals surface area contributed by atoms with Crippen molar-refractivity contribution in [2.75, 3.05) is 7.11 Å². The van der Waals surface area contributed by atoms with Crippen molar-refractivity contribution in [3.8, 4) is 5.75 Å². The molecule has 5 nitrogen and oxygen atoms in total. The first-order valence-electron chi connectivity index (χ1n) is 6.10. The van der Waals surface area contributed by atoms with Crippen molar-refractivity contribution in [3.05, 3.63) is 59.4 Å². The molecule has 0 spiro atoms. The zero-order valence-electron chi connectivity index (χ0n) is 11.3. The lowest BCUT2D eigenvalue weighted by Crippen LogP contribution is -2.17. The number of carbonyl (C=O) groups is 1. The number of hydrogen-bond donors (Lipinski definition) is 1. The van der Waals surface area contributed by atoms with Gasteiger partial charge in [-0.3, -0.25) is 9.78 Å². The molecular formula is C15H15N3O2. The highest BCUT2D eigenvalue weighted by atomic mass is 16.5. The Morgan fingerprint density at radius 3 is 2.65 bits per heavy atom. The van der Waals surface area contributed by atoms with Crippen LogP contribution in [0.3, 0.4) is 0 Å². The number of hydrogen-bond acceptors (Lipinski definition) is 4. The predicted molar refractivity (Wildman–Crippen MR) is 77.0 cm³/mol. The zero-order chi connectivity index (χ0) is 14.4. The van der Waals surface area contributed by atoms with E-state index in [1.807, 2.05) is 25.1 Å². The topological polar surface area (TPSA) is 63.6 Å². The average molecular weight is 269 g/mol. The van der Waals surface area contributed by atoms with Gasteiger partial charge in [-0.25, -0.2) is 5.43 Å². The van der Waals surface area contributed by atoms with E-state index in [0.717, 1.165) is 5.69 Å². The number of hydrazone groups is 1. The minimum Gasteiger partial charge on any atom is -0.497 e. The van der Waals surface area contributed by atoms with Gasteiger partial charge >= 0.3 is 0 Å². The summed E-state index contributed by atoms with van der Waals surface area (Å²) in [6, 6.07) is 12.4. The number of amides is 1. The molecule has 0 fully saturated rings. The minimum absolute atomic E-state index is 0.281. The summed E-state index contributed by atoms with van der Waals surface area (Å²) in [6.07, 6.45) is 1.51. The minimum atomic E-state index is -0.281. The van der Waals surface area contributed by atoms with Crippen LogP contribution in [0.1, 0.15) is 21.7 Å². The van der Waals surface area contributed by atoms with Crippen LogP contribution in [0.5, 0.6) is 5.75 Å². The number of methoxy groups -OCH3 is 1. The van der Waals surface area contributed by atoms with Gasteiger partial charge in [0, 0.05) is 11.3 Å². The number of rotatable bonds is 4. The molecule has 2 rings (SSSR count). The second-order valence-corrected chi connectivity index (χ2v) is 4.13. The summed E-state index contributed by atoms with van der Waals surface area (Å²) < 4.78 is 5.03. The average Bonchev–Trinajstić information content (AvgIpc) is 2.47. The van der Waals surface area contributed by atoms with E-state index >= 15 is 0 Å². The molecule has 1 heterocycles. The van der Waals surface area contributed by atoms with E-state index in [0.29, 0.717) is 17.0 Å². The Kier molecular flexibility index (Phi) is 4.44. The number of pyridine rings is 1. The van der Waals surface area contributed by atoms with Crippen LogP contribution in [-0.4, -0.2) is 24.2 Å². The van der Waals surface area contributed by atoms with E-state index in [1.54, 1.807) is 31.4 Å². The number of aryl methyl sites for hydroxylation is 1. The van der Waals surface area contributed by atoms with Gasteiger partial charge in [0.2, 0.25) is 0 Å². The van der Waals surface area contributed by atoms with Crippen molar-refractivity contribution in [2.24, 2.45) is 5.10 Å². The van der Waals surface area contributed by atoms with E-state index in [9.17, 15) is 4.79 Å². The summed E-state index contributed by atoms with van der Waals surface area (Å²) in [5, 5.41) is 3.88. The Morgan fingerprint density at radius 2 is 2.00 bits per heavy atom. The third-order valence-electron chi connectivity index (χ3n) is 2.62. The van der Waals surface area contributed by atoms with E-state index in [1.165, 1.54) is 6.21 Å². The number of nitrogens with zero attached hydrogens (tertiary/aromatic N) is 2. The molecule has 5 heteroatoms. The molecule has 2 aromatic rings. The Labute approximate surface area is 117 Å². The smallest absolute Gasteiger partial charge is 0.271 e. The van der Waals surface area contributed by atoms with Crippen molar-refractivity contribution in [3.63, 3.8) is 0 Å². The molecule has 0 aliphatic rings. The summed E-state index contributed by atoms with van der Waals surface area (Å²) in [6.45, 7) is 1.90. The third kappa shape index (κ3) is 3.65. The molecule has 1 aromatic carbocycles. The fraction of sp³-hybridized carbons (Fsp3) is 0.133. The van der Waals surface area contributed by atoms with Crippen LogP contribution in [0.25, 0.3) is 0 Å². The Hall–Kier alpha value is -2.69. The zero-order valence-corrected chi connectivity index (χ0v) is 11.3. The number of ether oxygens (including phenoxy) is 1. The fourth-order valence-electron chi connectivity index (χ4n) is 1.60. The van der Waals surface area contributed by atoms with E-state index < -0.39 is 0 Å². The van der Waals surface area contributed by atoms with Crippen LogP contribution in [0, 0.1) is 6.92 Å². The second-order valence-electron chi connectivity index (χ2n) is 4.13. The number of nitrogens with one attached hydrogen (secondary N) is 1. The van der Waals surface area contributed by atoms with Crippen LogP contribution < -0.4 is 10.2 Å². The van der Waals surface area contributed by atoms with Gasteiger partial charge in [-0.15, -0.1) is 0 Å². The van der Waals surface area contributed by atoms with Crippen LogP contribution in [0.15, 0.2) is 47.6 Å². The van der Waals surface area contributed by atoms with Gasteiger partial charge in [-0.05, 0) is 43.3 Å². The summed E-state index contributed by atoms with van der Waals surface area (Å²) in [4.78, 5) is 16.1. The van der Waals surface area contributed by atoms with Gasteiger partial charge < -0.3 is 4.74 Å². The SMILES string of the molecule is COc1ccc(C(=O)NN=Cc2cccc(C)n2)cc1. The quantitative estimate of drug-likeness (QED) is 0.683.